The Kier molecular flexibility index (Phi) is 13.8. The molecule has 0 radical (unpaired) electrons. The summed E-state index contributed by atoms with van der Waals surface area (Å²) >= 11 is 5.81. The van der Waals surface area contributed by atoms with Gasteiger partial charge in [0.15, 0.2) is 28.4 Å². The number of carbonyl (C=O) groups is 2. The molecule has 1 aliphatic rings. The van der Waals surface area contributed by atoms with Crippen molar-refractivity contribution < 1.29 is 19.8 Å². The molecule has 0 bridgehead atoms. The average molecular weight is 634 g/mol. The third-order valence-corrected chi connectivity index (χ3v) is 7.70. The Morgan fingerprint density at radius 3 is 2.48 bits per heavy atom. The second-order valence-corrected chi connectivity index (χ2v) is 11.1. The normalized spacial score (nSPS) is 15.3. The fourth-order valence-electron chi connectivity index (χ4n) is 4.83. The van der Waals surface area contributed by atoms with Crippen LogP contribution in [0.1, 0.15) is 54.8 Å². The molecule has 15 nitrogen and oxygen atoms in total. The zero-order chi connectivity index (χ0) is 32.1. The van der Waals surface area contributed by atoms with E-state index in [-0.39, 0.29) is 45.9 Å². The molecular weight excluding hydrogens is 590 g/mol. The Hall–Kier alpha value is -3.76. The van der Waals surface area contributed by atoms with E-state index in [4.69, 9.17) is 28.5 Å². The van der Waals surface area contributed by atoms with Crippen molar-refractivity contribution in [2.45, 2.75) is 44.8 Å². The van der Waals surface area contributed by atoms with Gasteiger partial charge in [-0.2, -0.15) is 0 Å². The van der Waals surface area contributed by atoms with Gasteiger partial charge in [0.2, 0.25) is 6.41 Å². The maximum Gasteiger partial charge on any atom is 0.280 e. The molecule has 1 fully saturated rings. The lowest BCUT2D eigenvalue weighted by atomic mass is 10.1. The molecule has 11 N–H and O–H groups in total. The van der Waals surface area contributed by atoms with Crippen molar-refractivity contribution in [3.8, 4) is 5.75 Å². The Labute approximate surface area is 262 Å². The first-order valence-corrected chi connectivity index (χ1v) is 15.1. The van der Waals surface area contributed by atoms with Gasteiger partial charge in [0.25, 0.3) is 5.91 Å². The lowest BCUT2D eigenvalue weighted by Crippen LogP contribution is -2.47. The number of rotatable bonds is 16. The van der Waals surface area contributed by atoms with E-state index in [9.17, 15) is 19.8 Å². The third-order valence-electron chi connectivity index (χ3n) is 7.42. The molecule has 0 unspecified atom stereocenters. The number of aromatic hydroxyl groups is 1. The van der Waals surface area contributed by atoms with Crippen molar-refractivity contribution in [2.24, 2.45) is 0 Å². The molecule has 2 heterocycles. The van der Waals surface area contributed by atoms with Crippen molar-refractivity contribution in [3.63, 3.8) is 0 Å². The number of aromatic nitrogens is 2. The van der Waals surface area contributed by atoms with Crippen LogP contribution >= 0.6 is 11.6 Å². The minimum Gasteiger partial charge on any atom is -0.506 e. The van der Waals surface area contributed by atoms with Gasteiger partial charge in [0.1, 0.15) is 5.75 Å². The Morgan fingerprint density at radius 2 is 1.80 bits per heavy atom. The van der Waals surface area contributed by atoms with E-state index < -0.39 is 12.0 Å². The SMILES string of the molecule is C[C@H](CCCN1CCN(CCCCNC(=N)NC(=O)c2nc(Cl)c(N)nc2N)CC1)NC[C@H](O)c1ccc(O)c(NC=O)c1. The van der Waals surface area contributed by atoms with E-state index in [1.54, 1.807) is 12.1 Å². The van der Waals surface area contributed by atoms with Crippen LogP contribution in [0.2, 0.25) is 5.15 Å². The van der Waals surface area contributed by atoms with Crippen LogP contribution in [0.3, 0.4) is 0 Å². The van der Waals surface area contributed by atoms with Crippen molar-refractivity contribution >= 4 is 47.2 Å². The number of nitrogens with two attached hydrogens (primary N) is 2. The largest absolute Gasteiger partial charge is 0.506 e. The van der Waals surface area contributed by atoms with Crippen molar-refractivity contribution in [1.82, 2.24) is 35.7 Å². The predicted octanol–water partition coefficient (Wildman–Crippen LogP) is 0.712. The number of phenols is 1. The standard InChI is InChI=1S/C28H44ClN11O4/c1-18(34-16-22(43)19-6-7-21(42)20(15-19)35-17-41)5-4-10-40-13-11-39(12-14-40)9-3-2-8-33-28(32)38-27(44)23-25(30)37-26(31)24(29)36-23/h6-7,15,17-18,22,34,42-43H,2-5,8-14,16H2,1H3,(H,35,41)(H4,30,31,37)(H3,32,33,38,44)/t18-,22+/m1/s1. The van der Waals surface area contributed by atoms with E-state index in [1.165, 1.54) is 6.07 Å². The van der Waals surface area contributed by atoms with Crippen LogP contribution in [0.5, 0.6) is 5.75 Å². The molecule has 1 aromatic carbocycles. The second-order valence-electron chi connectivity index (χ2n) is 10.8. The van der Waals surface area contributed by atoms with Crippen molar-refractivity contribution in [1.29, 1.82) is 5.41 Å². The number of benzene rings is 1. The molecule has 1 aliphatic heterocycles. The topological polar surface area (TPSA) is 231 Å². The van der Waals surface area contributed by atoms with E-state index in [0.717, 1.165) is 65.0 Å². The molecular formula is C28H44ClN11O4. The molecule has 2 amide bonds. The van der Waals surface area contributed by atoms with Crippen LogP contribution in [0.4, 0.5) is 17.3 Å². The maximum absolute atomic E-state index is 12.3. The molecule has 0 saturated carbocycles. The van der Waals surface area contributed by atoms with Crippen LogP contribution in [-0.4, -0.2) is 107 Å². The van der Waals surface area contributed by atoms with Gasteiger partial charge in [-0.1, -0.05) is 17.7 Å². The number of unbranched alkanes of at least 4 members (excludes halogenated alkanes) is 1. The van der Waals surface area contributed by atoms with E-state index in [1.807, 2.05) is 0 Å². The Balaban J connectivity index is 1.21. The highest BCUT2D eigenvalue weighted by atomic mass is 35.5. The number of amides is 2. The van der Waals surface area contributed by atoms with Crippen LogP contribution in [-0.2, 0) is 4.79 Å². The van der Waals surface area contributed by atoms with Crippen LogP contribution in [0, 0.1) is 5.41 Å². The first-order chi connectivity index (χ1) is 21.1. The first-order valence-electron chi connectivity index (χ1n) is 14.7. The maximum atomic E-state index is 12.3. The van der Waals surface area contributed by atoms with Gasteiger partial charge in [-0.05, 0) is 63.4 Å². The predicted molar refractivity (Wildman–Crippen MR) is 171 cm³/mol. The average Bonchev–Trinajstić information content (AvgIpc) is 2.99. The summed E-state index contributed by atoms with van der Waals surface area (Å²) in [6, 6.07) is 4.90. The summed E-state index contributed by atoms with van der Waals surface area (Å²) in [5.41, 5.74) is 11.9. The van der Waals surface area contributed by atoms with Gasteiger partial charge in [0.05, 0.1) is 11.8 Å². The zero-order valence-electron chi connectivity index (χ0n) is 25.0. The summed E-state index contributed by atoms with van der Waals surface area (Å²) in [5, 5.41) is 39.1. The highest BCUT2D eigenvalue weighted by molar-refractivity contribution is 6.31. The molecule has 242 valence electrons. The molecule has 44 heavy (non-hydrogen) atoms. The van der Waals surface area contributed by atoms with Crippen molar-refractivity contribution in [2.75, 3.05) is 69.1 Å². The molecule has 16 heteroatoms. The van der Waals surface area contributed by atoms with Crippen LogP contribution < -0.4 is 32.7 Å². The number of anilines is 3. The van der Waals surface area contributed by atoms with Crippen LogP contribution in [0.15, 0.2) is 18.2 Å². The lowest BCUT2D eigenvalue weighted by Gasteiger charge is -2.35. The van der Waals surface area contributed by atoms with Gasteiger partial charge < -0.3 is 47.4 Å². The van der Waals surface area contributed by atoms with Crippen molar-refractivity contribution in [3.05, 3.63) is 34.6 Å². The number of nitrogens with zero attached hydrogens (tertiary/aromatic N) is 4. The minimum absolute atomic E-state index is 0.0458. The summed E-state index contributed by atoms with van der Waals surface area (Å²) < 4.78 is 0. The van der Waals surface area contributed by atoms with E-state index >= 15 is 0 Å². The molecule has 2 aromatic rings. The zero-order valence-corrected chi connectivity index (χ0v) is 25.7. The fraction of sp³-hybridized carbons (Fsp3) is 0.536. The number of aliphatic hydroxyl groups excluding tert-OH is 1. The number of carbonyl (C=O) groups excluding carboxylic acids is 2. The number of guanidine groups is 1. The molecule has 1 aromatic heterocycles. The number of nitrogen functional groups attached to an aromatic ring is 2. The number of halogens is 1. The summed E-state index contributed by atoms with van der Waals surface area (Å²) in [6.45, 7) is 9.09. The number of aliphatic hydroxyl groups is 1. The quantitative estimate of drug-likeness (QED) is 0.0409. The molecule has 1 saturated heterocycles. The molecule has 0 aliphatic carbocycles. The highest BCUT2D eigenvalue weighted by Gasteiger charge is 2.18. The Morgan fingerprint density at radius 1 is 1.11 bits per heavy atom. The second kappa shape index (κ2) is 17.5. The number of nitrogens with one attached hydrogen (secondary N) is 5. The number of hydrogen-bond donors (Lipinski definition) is 9. The van der Waals surface area contributed by atoms with E-state index in [2.05, 4.69) is 48.0 Å². The van der Waals surface area contributed by atoms with E-state index in [0.29, 0.717) is 25.1 Å². The monoisotopic (exact) mass is 633 g/mol. The fourth-order valence-corrected chi connectivity index (χ4v) is 4.96. The van der Waals surface area contributed by atoms with Gasteiger partial charge in [0, 0.05) is 45.3 Å². The van der Waals surface area contributed by atoms with Crippen LogP contribution in [0.25, 0.3) is 0 Å². The van der Waals surface area contributed by atoms with Gasteiger partial charge in [-0.15, -0.1) is 0 Å². The highest BCUT2D eigenvalue weighted by Crippen LogP contribution is 2.26. The first kappa shape index (κ1) is 34.7. The third kappa shape index (κ3) is 11.1. The smallest absolute Gasteiger partial charge is 0.280 e. The molecule has 3 rings (SSSR count). The number of hydrogen-bond acceptors (Lipinski definition) is 12. The summed E-state index contributed by atoms with van der Waals surface area (Å²) in [7, 11) is 0. The summed E-state index contributed by atoms with van der Waals surface area (Å²) in [6.07, 6.45) is 3.58. The Bertz CT molecular complexity index is 1260. The molecule has 0 spiro atoms. The molecule has 2 atom stereocenters. The number of piperazine rings is 1. The lowest BCUT2D eigenvalue weighted by molar-refractivity contribution is -0.105. The minimum atomic E-state index is -0.752. The van der Waals surface area contributed by atoms with Gasteiger partial charge >= 0.3 is 0 Å². The van der Waals surface area contributed by atoms with Gasteiger partial charge in [-0.25, -0.2) is 9.97 Å². The summed E-state index contributed by atoms with van der Waals surface area (Å²) in [4.78, 5) is 35.5. The number of phenolic OH excluding ortho intramolecular Hbond substituents is 1. The van der Waals surface area contributed by atoms with Gasteiger partial charge in [-0.3, -0.25) is 20.3 Å². The summed E-state index contributed by atoms with van der Waals surface area (Å²) in [5.74, 6) is -1.12.